The summed E-state index contributed by atoms with van der Waals surface area (Å²) in [5.41, 5.74) is 2.98. The van der Waals surface area contributed by atoms with Crippen LogP contribution in [0.1, 0.15) is 75.8 Å². The lowest BCUT2D eigenvalue weighted by atomic mass is 9.78. The van der Waals surface area contributed by atoms with Gasteiger partial charge in [-0.1, -0.05) is 57.4 Å². The standard InChI is InChI=1S/C23H36N2/c1-18(2)20-12-10-19(11-13-20)17-25-16-15-24-14-6-9-22(24)23(25)21-7-4-3-5-8-21/h10-13,18,21-23H,3-9,14-17H2,1-2H3/t22-,23-/m0/s1. The summed E-state index contributed by atoms with van der Waals surface area (Å²) in [6, 6.07) is 11.1. The van der Waals surface area contributed by atoms with Crippen LogP contribution in [0.3, 0.4) is 0 Å². The van der Waals surface area contributed by atoms with Crippen molar-refractivity contribution in [1.29, 1.82) is 0 Å². The molecule has 0 aromatic heterocycles. The van der Waals surface area contributed by atoms with Gasteiger partial charge in [0.2, 0.25) is 0 Å². The summed E-state index contributed by atoms with van der Waals surface area (Å²) in [7, 11) is 0. The number of benzene rings is 1. The normalized spacial score (nSPS) is 29.2. The van der Waals surface area contributed by atoms with Crippen molar-refractivity contribution in [2.75, 3.05) is 19.6 Å². The Labute approximate surface area is 154 Å². The Morgan fingerprint density at radius 3 is 2.36 bits per heavy atom. The van der Waals surface area contributed by atoms with Gasteiger partial charge in [0.25, 0.3) is 0 Å². The van der Waals surface area contributed by atoms with Crippen LogP contribution in [-0.4, -0.2) is 41.5 Å². The minimum atomic E-state index is 0.631. The smallest absolute Gasteiger partial charge is 0.0283 e. The summed E-state index contributed by atoms with van der Waals surface area (Å²) in [5.74, 6) is 1.57. The fraction of sp³-hybridized carbons (Fsp3) is 0.739. The summed E-state index contributed by atoms with van der Waals surface area (Å²) in [5, 5.41) is 0. The second-order valence-electron chi connectivity index (χ2n) is 9.00. The van der Waals surface area contributed by atoms with Crippen molar-refractivity contribution in [3.8, 4) is 0 Å². The summed E-state index contributed by atoms with van der Waals surface area (Å²) >= 11 is 0. The van der Waals surface area contributed by atoms with Crippen LogP contribution in [0, 0.1) is 5.92 Å². The maximum Gasteiger partial charge on any atom is 0.0283 e. The molecule has 2 heterocycles. The Kier molecular flexibility index (Phi) is 5.47. The van der Waals surface area contributed by atoms with E-state index in [4.69, 9.17) is 0 Å². The largest absolute Gasteiger partial charge is 0.298 e. The van der Waals surface area contributed by atoms with Gasteiger partial charge in [0.1, 0.15) is 0 Å². The first-order valence-electron chi connectivity index (χ1n) is 10.8. The molecule has 25 heavy (non-hydrogen) atoms. The molecule has 1 aromatic carbocycles. The van der Waals surface area contributed by atoms with Gasteiger partial charge in [-0.25, -0.2) is 0 Å². The van der Waals surface area contributed by atoms with Crippen molar-refractivity contribution in [2.24, 2.45) is 5.92 Å². The molecule has 0 spiro atoms. The molecule has 2 atom stereocenters. The van der Waals surface area contributed by atoms with Gasteiger partial charge in [-0.15, -0.1) is 0 Å². The Bertz CT molecular complexity index is 544. The lowest BCUT2D eigenvalue weighted by Crippen LogP contribution is -2.59. The first kappa shape index (κ1) is 17.5. The third kappa shape index (κ3) is 3.80. The molecule has 0 bridgehead atoms. The second kappa shape index (κ2) is 7.80. The van der Waals surface area contributed by atoms with Crippen molar-refractivity contribution >= 4 is 0 Å². The van der Waals surface area contributed by atoms with Gasteiger partial charge >= 0.3 is 0 Å². The highest BCUT2D eigenvalue weighted by Crippen LogP contribution is 2.38. The molecule has 1 saturated carbocycles. The van der Waals surface area contributed by atoms with E-state index in [2.05, 4.69) is 47.9 Å². The summed E-state index contributed by atoms with van der Waals surface area (Å²) < 4.78 is 0. The molecule has 2 heteroatoms. The van der Waals surface area contributed by atoms with Gasteiger partial charge < -0.3 is 0 Å². The minimum absolute atomic E-state index is 0.631. The highest BCUT2D eigenvalue weighted by molar-refractivity contribution is 5.25. The Morgan fingerprint density at radius 1 is 0.880 bits per heavy atom. The van der Waals surface area contributed by atoms with E-state index >= 15 is 0 Å². The molecule has 0 unspecified atom stereocenters. The number of piperazine rings is 1. The van der Waals surface area contributed by atoms with Gasteiger partial charge in [0.15, 0.2) is 0 Å². The van der Waals surface area contributed by atoms with E-state index in [1.54, 1.807) is 0 Å². The average Bonchev–Trinajstić information content (AvgIpc) is 3.11. The zero-order valence-electron chi connectivity index (χ0n) is 16.3. The first-order valence-corrected chi connectivity index (χ1v) is 10.8. The summed E-state index contributed by atoms with van der Waals surface area (Å²) in [4.78, 5) is 5.69. The fourth-order valence-electron chi connectivity index (χ4n) is 5.68. The third-order valence-electron chi connectivity index (χ3n) is 7.07. The fourth-order valence-corrected chi connectivity index (χ4v) is 5.68. The zero-order chi connectivity index (χ0) is 17.2. The Hall–Kier alpha value is -0.860. The van der Waals surface area contributed by atoms with Gasteiger partial charge in [-0.3, -0.25) is 9.80 Å². The summed E-state index contributed by atoms with van der Waals surface area (Å²) in [6.07, 6.45) is 10.2. The molecule has 2 aliphatic heterocycles. The maximum absolute atomic E-state index is 2.87. The molecule has 1 aromatic rings. The maximum atomic E-state index is 2.87. The van der Waals surface area contributed by atoms with Crippen molar-refractivity contribution < 1.29 is 0 Å². The molecular weight excluding hydrogens is 304 g/mol. The van der Waals surface area contributed by atoms with Crippen LogP contribution in [0.2, 0.25) is 0 Å². The molecule has 3 aliphatic rings. The van der Waals surface area contributed by atoms with Crippen LogP contribution < -0.4 is 0 Å². The van der Waals surface area contributed by atoms with Crippen LogP contribution in [-0.2, 0) is 6.54 Å². The quantitative estimate of drug-likeness (QED) is 0.758. The molecule has 2 nitrogen and oxygen atoms in total. The molecule has 0 radical (unpaired) electrons. The second-order valence-corrected chi connectivity index (χ2v) is 9.00. The first-order chi connectivity index (χ1) is 12.2. The zero-order valence-corrected chi connectivity index (χ0v) is 16.3. The van der Waals surface area contributed by atoms with E-state index < -0.39 is 0 Å². The van der Waals surface area contributed by atoms with Gasteiger partial charge in [-0.2, -0.15) is 0 Å². The number of nitrogens with zero attached hydrogens (tertiary/aromatic N) is 2. The number of rotatable bonds is 4. The average molecular weight is 341 g/mol. The van der Waals surface area contributed by atoms with Gasteiger partial charge in [0, 0.05) is 31.7 Å². The number of hydrogen-bond acceptors (Lipinski definition) is 2. The summed E-state index contributed by atoms with van der Waals surface area (Å²) in [6.45, 7) is 9.64. The number of hydrogen-bond donors (Lipinski definition) is 0. The molecule has 2 saturated heterocycles. The van der Waals surface area contributed by atoms with Crippen LogP contribution >= 0.6 is 0 Å². The molecule has 138 valence electrons. The van der Waals surface area contributed by atoms with Crippen LogP contribution in [0.4, 0.5) is 0 Å². The molecule has 4 rings (SSSR count). The molecule has 3 fully saturated rings. The van der Waals surface area contributed by atoms with Crippen LogP contribution in [0.25, 0.3) is 0 Å². The predicted molar refractivity (Wildman–Crippen MR) is 106 cm³/mol. The van der Waals surface area contributed by atoms with E-state index in [1.165, 1.54) is 75.7 Å². The molecule has 1 aliphatic carbocycles. The SMILES string of the molecule is CC(C)c1ccc(CN2CCN3CCC[C@H]3[C@@H]2C2CCCCC2)cc1. The number of fused-ring (bicyclic) bond motifs is 1. The van der Waals surface area contributed by atoms with Crippen molar-refractivity contribution in [3.05, 3.63) is 35.4 Å². The lowest BCUT2D eigenvalue weighted by molar-refractivity contribution is -0.00380. The van der Waals surface area contributed by atoms with E-state index in [1.807, 2.05) is 0 Å². The van der Waals surface area contributed by atoms with Gasteiger partial charge in [-0.05, 0) is 55.2 Å². The van der Waals surface area contributed by atoms with E-state index in [0.29, 0.717) is 5.92 Å². The monoisotopic (exact) mass is 340 g/mol. The molecule has 0 amide bonds. The van der Waals surface area contributed by atoms with Crippen molar-refractivity contribution in [3.63, 3.8) is 0 Å². The van der Waals surface area contributed by atoms with Gasteiger partial charge in [0.05, 0.1) is 0 Å². The molecular formula is C23H36N2. The Morgan fingerprint density at radius 2 is 1.64 bits per heavy atom. The Balaban J connectivity index is 1.51. The highest BCUT2D eigenvalue weighted by atomic mass is 15.3. The van der Waals surface area contributed by atoms with E-state index in [0.717, 1.165) is 24.5 Å². The van der Waals surface area contributed by atoms with E-state index in [9.17, 15) is 0 Å². The van der Waals surface area contributed by atoms with Crippen molar-refractivity contribution in [2.45, 2.75) is 83.3 Å². The lowest BCUT2D eigenvalue weighted by Gasteiger charge is -2.49. The van der Waals surface area contributed by atoms with E-state index in [-0.39, 0.29) is 0 Å². The molecule has 0 N–H and O–H groups in total. The minimum Gasteiger partial charge on any atom is -0.298 e. The predicted octanol–water partition coefficient (Wildman–Crippen LogP) is 5.04. The third-order valence-corrected chi connectivity index (χ3v) is 7.07. The van der Waals surface area contributed by atoms with Crippen molar-refractivity contribution in [1.82, 2.24) is 9.80 Å². The van der Waals surface area contributed by atoms with Crippen LogP contribution in [0.15, 0.2) is 24.3 Å². The topological polar surface area (TPSA) is 6.48 Å². The highest BCUT2D eigenvalue weighted by Gasteiger charge is 2.42. The van der Waals surface area contributed by atoms with Crippen LogP contribution in [0.5, 0.6) is 0 Å².